The van der Waals surface area contributed by atoms with Gasteiger partial charge in [-0.1, -0.05) is 48.5 Å². The maximum Gasteiger partial charge on any atom is 0.256 e. The topological polar surface area (TPSA) is 59.8 Å². The minimum atomic E-state index is -0.118. The molecule has 1 aliphatic carbocycles. The molecule has 29 heavy (non-hydrogen) atoms. The molecule has 5 heteroatoms. The third kappa shape index (κ3) is 3.51. The number of aromatic nitrogens is 3. The summed E-state index contributed by atoms with van der Waals surface area (Å²) in [5.74, 6) is 0.330. The largest absolute Gasteiger partial charge is 0.322 e. The van der Waals surface area contributed by atoms with Crippen LogP contribution >= 0.6 is 0 Å². The summed E-state index contributed by atoms with van der Waals surface area (Å²) in [4.78, 5) is 18.1. The van der Waals surface area contributed by atoms with Crippen molar-refractivity contribution in [3.05, 3.63) is 89.2 Å². The number of benzene rings is 2. The average molecular weight is 382 g/mol. The van der Waals surface area contributed by atoms with Crippen LogP contribution < -0.4 is 5.32 Å². The second-order valence-corrected chi connectivity index (χ2v) is 7.62. The van der Waals surface area contributed by atoms with Gasteiger partial charge in [0.05, 0.1) is 23.2 Å². The van der Waals surface area contributed by atoms with Gasteiger partial charge in [-0.15, -0.1) is 0 Å². The standard InChI is InChI=1S/C24H22N4O/c1-16-22-20(24(29)25-19-10-6-3-7-11-19)14-21(18-12-13-18)26-23(22)28(27-16)15-17-8-4-2-5-9-17/h2-11,14,18H,12-13,15H2,1H3,(H,25,29). The van der Waals surface area contributed by atoms with E-state index in [9.17, 15) is 4.79 Å². The second-order valence-electron chi connectivity index (χ2n) is 7.62. The van der Waals surface area contributed by atoms with E-state index in [1.54, 1.807) is 0 Å². The Balaban J connectivity index is 1.60. The van der Waals surface area contributed by atoms with E-state index in [2.05, 4.69) is 17.4 Å². The molecule has 2 aromatic heterocycles. The van der Waals surface area contributed by atoms with Crippen LogP contribution in [0, 0.1) is 6.92 Å². The number of carbonyl (C=O) groups is 1. The summed E-state index contributed by atoms with van der Waals surface area (Å²) >= 11 is 0. The van der Waals surface area contributed by atoms with Gasteiger partial charge in [-0.05, 0) is 43.5 Å². The zero-order chi connectivity index (χ0) is 19.8. The number of fused-ring (bicyclic) bond motifs is 1. The quantitative estimate of drug-likeness (QED) is 0.533. The van der Waals surface area contributed by atoms with E-state index in [-0.39, 0.29) is 5.91 Å². The molecule has 5 nitrogen and oxygen atoms in total. The predicted octanol–water partition coefficient (Wildman–Crippen LogP) is 4.92. The Morgan fingerprint density at radius 1 is 1.07 bits per heavy atom. The second kappa shape index (κ2) is 7.17. The van der Waals surface area contributed by atoms with E-state index in [1.165, 1.54) is 0 Å². The van der Waals surface area contributed by atoms with E-state index in [0.717, 1.165) is 46.5 Å². The van der Waals surface area contributed by atoms with Gasteiger partial charge in [0.2, 0.25) is 0 Å². The molecule has 1 amide bonds. The minimum absolute atomic E-state index is 0.118. The van der Waals surface area contributed by atoms with Crippen LogP contribution in [0.3, 0.4) is 0 Å². The number of amides is 1. The summed E-state index contributed by atoms with van der Waals surface area (Å²) in [6, 6.07) is 21.7. The highest BCUT2D eigenvalue weighted by Crippen LogP contribution is 2.40. The van der Waals surface area contributed by atoms with E-state index in [0.29, 0.717) is 18.0 Å². The van der Waals surface area contributed by atoms with E-state index in [4.69, 9.17) is 10.1 Å². The summed E-state index contributed by atoms with van der Waals surface area (Å²) in [6.45, 7) is 2.58. The molecule has 2 heterocycles. The number of hydrogen-bond donors (Lipinski definition) is 1. The molecule has 0 bridgehead atoms. The summed E-state index contributed by atoms with van der Waals surface area (Å²) in [5, 5.41) is 8.58. The molecular formula is C24H22N4O. The van der Waals surface area contributed by atoms with E-state index >= 15 is 0 Å². The summed E-state index contributed by atoms with van der Waals surface area (Å²) < 4.78 is 1.92. The number of nitrogens with one attached hydrogen (secondary N) is 1. The van der Waals surface area contributed by atoms with Gasteiger partial charge in [-0.2, -0.15) is 5.10 Å². The number of hydrogen-bond acceptors (Lipinski definition) is 3. The van der Waals surface area contributed by atoms with Crippen LogP contribution in [0.25, 0.3) is 11.0 Å². The highest BCUT2D eigenvalue weighted by Gasteiger charge is 2.28. The molecular weight excluding hydrogens is 360 g/mol. The predicted molar refractivity (Wildman–Crippen MR) is 114 cm³/mol. The highest BCUT2D eigenvalue weighted by molar-refractivity contribution is 6.12. The molecule has 0 radical (unpaired) electrons. The van der Waals surface area contributed by atoms with Crippen molar-refractivity contribution in [2.75, 3.05) is 5.32 Å². The van der Waals surface area contributed by atoms with Crippen molar-refractivity contribution >= 4 is 22.6 Å². The fraction of sp³-hybridized carbons (Fsp3) is 0.208. The summed E-state index contributed by atoms with van der Waals surface area (Å²) in [6.07, 6.45) is 2.26. The number of anilines is 1. The zero-order valence-electron chi connectivity index (χ0n) is 16.3. The van der Waals surface area contributed by atoms with Gasteiger partial charge in [0.15, 0.2) is 5.65 Å². The fourth-order valence-corrected chi connectivity index (χ4v) is 3.73. The van der Waals surface area contributed by atoms with Crippen LogP contribution in [-0.4, -0.2) is 20.7 Å². The number of rotatable bonds is 5. The third-order valence-electron chi connectivity index (χ3n) is 5.34. The Morgan fingerprint density at radius 3 is 2.45 bits per heavy atom. The van der Waals surface area contributed by atoms with Crippen molar-refractivity contribution in [3.8, 4) is 0 Å². The van der Waals surface area contributed by atoms with Crippen molar-refractivity contribution in [1.82, 2.24) is 14.8 Å². The lowest BCUT2D eigenvalue weighted by Gasteiger charge is -2.10. The van der Waals surface area contributed by atoms with E-state index in [1.807, 2.05) is 66.2 Å². The zero-order valence-corrected chi connectivity index (χ0v) is 16.3. The van der Waals surface area contributed by atoms with Gasteiger partial charge in [-0.25, -0.2) is 9.67 Å². The molecule has 1 saturated carbocycles. The number of para-hydroxylation sites is 1. The molecule has 144 valence electrons. The molecule has 4 aromatic rings. The van der Waals surface area contributed by atoms with Crippen molar-refractivity contribution in [1.29, 1.82) is 0 Å². The lowest BCUT2D eigenvalue weighted by molar-refractivity contribution is 0.102. The Morgan fingerprint density at radius 2 is 1.76 bits per heavy atom. The van der Waals surface area contributed by atoms with Gasteiger partial charge >= 0.3 is 0 Å². The van der Waals surface area contributed by atoms with Gasteiger partial charge in [0.25, 0.3) is 5.91 Å². The molecule has 0 spiro atoms. The normalized spacial score (nSPS) is 13.6. The minimum Gasteiger partial charge on any atom is -0.322 e. The van der Waals surface area contributed by atoms with Crippen LogP contribution in [0.5, 0.6) is 0 Å². The van der Waals surface area contributed by atoms with Gasteiger partial charge in [0.1, 0.15) is 0 Å². The molecule has 0 aliphatic heterocycles. The molecule has 5 rings (SSSR count). The lowest BCUT2D eigenvalue weighted by Crippen LogP contribution is -2.14. The number of pyridine rings is 1. The Bertz CT molecular complexity index is 1180. The van der Waals surface area contributed by atoms with Gasteiger partial charge in [0, 0.05) is 17.3 Å². The van der Waals surface area contributed by atoms with Crippen LogP contribution in [0.1, 0.15) is 46.1 Å². The van der Waals surface area contributed by atoms with Crippen LogP contribution in [0.2, 0.25) is 0 Å². The molecule has 0 atom stereocenters. The van der Waals surface area contributed by atoms with Crippen LogP contribution in [0.4, 0.5) is 5.69 Å². The Kier molecular flexibility index (Phi) is 4.35. The smallest absolute Gasteiger partial charge is 0.256 e. The highest BCUT2D eigenvalue weighted by atomic mass is 16.1. The summed E-state index contributed by atoms with van der Waals surface area (Å²) in [7, 11) is 0. The fourth-order valence-electron chi connectivity index (χ4n) is 3.73. The van der Waals surface area contributed by atoms with Crippen LogP contribution in [-0.2, 0) is 6.54 Å². The maximum absolute atomic E-state index is 13.2. The number of carbonyl (C=O) groups excluding carboxylic acids is 1. The summed E-state index contributed by atoms with van der Waals surface area (Å²) in [5.41, 5.74) is 5.19. The van der Waals surface area contributed by atoms with Crippen molar-refractivity contribution < 1.29 is 4.79 Å². The molecule has 2 aromatic carbocycles. The SMILES string of the molecule is Cc1nn(Cc2ccccc2)c2nc(C3CC3)cc(C(=O)Nc3ccccc3)c12. The maximum atomic E-state index is 13.2. The molecule has 1 fully saturated rings. The van der Waals surface area contributed by atoms with E-state index < -0.39 is 0 Å². The third-order valence-corrected chi connectivity index (χ3v) is 5.34. The van der Waals surface area contributed by atoms with Crippen LogP contribution in [0.15, 0.2) is 66.7 Å². The first kappa shape index (κ1) is 17.6. The monoisotopic (exact) mass is 382 g/mol. The first-order valence-electron chi connectivity index (χ1n) is 9.97. The molecule has 1 aliphatic rings. The average Bonchev–Trinajstić information content (AvgIpc) is 3.55. The van der Waals surface area contributed by atoms with Crippen molar-refractivity contribution in [3.63, 3.8) is 0 Å². The Hall–Kier alpha value is -3.47. The lowest BCUT2D eigenvalue weighted by atomic mass is 10.1. The van der Waals surface area contributed by atoms with Gasteiger partial charge in [-0.3, -0.25) is 4.79 Å². The number of nitrogens with zero attached hydrogens (tertiary/aromatic N) is 3. The number of aryl methyl sites for hydroxylation is 1. The Labute approximate surface area is 169 Å². The van der Waals surface area contributed by atoms with Crippen molar-refractivity contribution in [2.45, 2.75) is 32.2 Å². The molecule has 0 saturated heterocycles. The van der Waals surface area contributed by atoms with Crippen molar-refractivity contribution in [2.24, 2.45) is 0 Å². The first-order chi connectivity index (χ1) is 14.2. The molecule has 0 unspecified atom stereocenters. The molecule has 1 N–H and O–H groups in total. The first-order valence-corrected chi connectivity index (χ1v) is 9.97. The van der Waals surface area contributed by atoms with Gasteiger partial charge < -0.3 is 5.32 Å².